The summed E-state index contributed by atoms with van der Waals surface area (Å²) in [6.45, 7) is 2.09. The molecule has 0 radical (unpaired) electrons. The molecule has 6 nitrogen and oxygen atoms in total. The highest BCUT2D eigenvalue weighted by atomic mass is 16.3. The number of hydrogen-bond donors (Lipinski definition) is 2. The first-order chi connectivity index (χ1) is 14.2. The third kappa shape index (κ3) is 3.88. The zero-order chi connectivity index (χ0) is 20.2. The molecule has 0 saturated carbocycles. The predicted molar refractivity (Wildman–Crippen MR) is 112 cm³/mol. The summed E-state index contributed by atoms with van der Waals surface area (Å²) in [7, 11) is 0. The van der Waals surface area contributed by atoms with Crippen LogP contribution in [0.15, 0.2) is 73.1 Å². The lowest BCUT2D eigenvalue weighted by atomic mass is 10.0. The molecule has 4 aromatic rings. The minimum absolute atomic E-state index is 0.120. The monoisotopic (exact) mass is 386 g/mol. The van der Waals surface area contributed by atoms with E-state index in [1.165, 1.54) is 0 Å². The molecule has 0 saturated heterocycles. The number of benzene rings is 2. The molecule has 6 heteroatoms. The maximum Gasteiger partial charge on any atom is 0.254 e. The van der Waals surface area contributed by atoms with E-state index in [-0.39, 0.29) is 12.5 Å². The SMILES string of the molecule is CCc1c(C(=O)NCC(O)c2ccc3ccccc3c2)cnn1-c1ccccn1. The lowest BCUT2D eigenvalue weighted by molar-refractivity contribution is 0.0915. The minimum Gasteiger partial charge on any atom is -0.387 e. The van der Waals surface area contributed by atoms with Gasteiger partial charge in [0.1, 0.15) is 0 Å². The first-order valence-electron chi connectivity index (χ1n) is 9.60. The third-order valence-corrected chi connectivity index (χ3v) is 4.93. The molecular weight excluding hydrogens is 364 g/mol. The number of carbonyl (C=O) groups is 1. The number of hydrogen-bond acceptors (Lipinski definition) is 4. The molecule has 2 N–H and O–H groups in total. The van der Waals surface area contributed by atoms with E-state index in [0.717, 1.165) is 22.0 Å². The molecular formula is C23H22N4O2. The molecule has 4 rings (SSSR count). The highest BCUT2D eigenvalue weighted by molar-refractivity contribution is 5.95. The topological polar surface area (TPSA) is 80.0 Å². The van der Waals surface area contributed by atoms with E-state index in [2.05, 4.69) is 15.4 Å². The van der Waals surface area contributed by atoms with Crippen LogP contribution in [-0.4, -0.2) is 32.3 Å². The van der Waals surface area contributed by atoms with E-state index in [4.69, 9.17) is 0 Å². The number of fused-ring (bicyclic) bond motifs is 1. The Morgan fingerprint density at radius 1 is 1.10 bits per heavy atom. The average Bonchev–Trinajstić information content (AvgIpc) is 3.21. The van der Waals surface area contributed by atoms with Crippen molar-refractivity contribution in [1.82, 2.24) is 20.1 Å². The van der Waals surface area contributed by atoms with Gasteiger partial charge in [-0.15, -0.1) is 0 Å². The maximum absolute atomic E-state index is 12.7. The van der Waals surface area contributed by atoms with Crippen molar-refractivity contribution >= 4 is 16.7 Å². The van der Waals surface area contributed by atoms with Crippen molar-refractivity contribution in [3.8, 4) is 5.82 Å². The van der Waals surface area contributed by atoms with Crippen molar-refractivity contribution in [1.29, 1.82) is 0 Å². The Morgan fingerprint density at radius 2 is 1.90 bits per heavy atom. The molecule has 2 aromatic carbocycles. The summed E-state index contributed by atoms with van der Waals surface area (Å²) in [5, 5.41) is 19.9. The van der Waals surface area contributed by atoms with Gasteiger partial charge >= 0.3 is 0 Å². The number of rotatable bonds is 6. The number of aliphatic hydroxyl groups is 1. The predicted octanol–water partition coefficient (Wildman–Crippen LogP) is 3.45. The van der Waals surface area contributed by atoms with E-state index < -0.39 is 6.10 Å². The van der Waals surface area contributed by atoms with Gasteiger partial charge in [-0.1, -0.05) is 49.4 Å². The Labute approximate surface area is 168 Å². The lowest BCUT2D eigenvalue weighted by Crippen LogP contribution is -2.29. The van der Waals surface area contributed by atoms with Gasteiger partial charge in [-0.25, -0.2) is 9.67 Å². The Hall–Kier alpha value is -3.51. The zero-order valence-electron chi connectivity index (χ0n) is 16.1. The van der Waals surface area contributed by atoms with Crippen LogP contribution in [0.3, 0.4) is 0 Å². The van der Waals surface area contributed by atoms with Crippen LogP contribution in [0.4, 0.5) is 0 Å². The van der Waals surface area contributed by atoms with Gasteiger partial charge in [0, 0.05) is 12.7 Å². The Kier molecular flexibility index (Phi) is 5.35. The van der Waals surface area contributed by atoms with Crippen molar-refractivity contribution in [2.45, 2.75) is 19.4 Å². The Bertz CT molecular complexity index is 1140. The Balaban J connectivity index is 1.48. The molecule has 2 aromatic heterocycles. The van der Waals surface area contributed by atoms with Crippen molar-refractivity contribution in [3.63, 3.8) is 0 Å². The average molecular weight is 386 g/mol. The van der Waals surface area contributed by atoms with Crippen LogP contribution in [0.5, 0.6) is 0 Å². The summed E-state index contributed by atoms with van der Waals surface area (Å²) in [6.07, 6.45) is 3.08. The Morgan fingerprint density at radius 3 is 2.66 bits per heavy atom. The van der Waals surface area contributed by atoms with Gasteiger partial charge in [-0.3, -0.25) is 4.79 Å². The zero-order valence-corrected chi connectivity index (χ0v) is 16.1. The van der Waals surface area contributed by atoms with E-state index >= 15 is 0 Å². The molecule has 0 spiro atoms. The molecule has 0 aliphatic heterocycles. The summed E-state index contributed by atoms with van der Waals surface area (Å²) >= 11 is 0. The lowest BCUT2D eigenvalue weighted by Gasteiger charge is -2.13. The molecule has 0 bridgehead atoms. The fourth-order valence-electron chi connectivity index (χ4n) is 3.40. The number of aliphatic hydroxyl groups excluding tert-OH is 1. The summed E-state index contributed by atoms with van der Waals surface area (Å²) in [4.78, 5) is 17.0. The van der Waals surface area contributed by atoms with E-state index in [1.54, 1.807) is 17.1 Å². The fraction of sp³-hybridized carbons (Fsp3) is 0.174. The van der Waals surface area contributed by atoms with Crippen molar-refractivity contribution in [2.24, 2.45) is 0 Å². The summed E-state index contributed by atoms with van der Waals surface area (Å²) in [5.41, 5.74) is 2.04. The van der Waals surface area contributed by atoms with Crippen LogP contribution in [0.1, 0.15) is 34.6 Å². The van der Waals surface area contributed by atoms with E-state index in [1.807, 2.05) is 67.6 Å². The number of nitrogens with zero attached hydrogens (tertiary/aromatic N) is 3. The highest BCUT2D eigenvalue weighted by Crippen LogP contribution is 2.20. The second-order valence-electron chi connectivity index (χ2n) is 6.79. The molecule has 0 aliphatic carbocycles. The number of carbonyl (C=O) groups excluding carboxylic acids is 1. The van der Waals surface area contributed by atoms with Crippen LogP contribution in [-0.2, 0) is 6.42 Å². The molecule has 1 atom stereocenters. The molecule has 2 heterocycles. The van der Waals surface area contributed by atoms with Crippen LogP contribution in [0.2, 0.25) is 0 Å². The molecule has 0 fully saturated rings. The first kappa shape index (κ1) is 18.8. The molecule has 1 unspecified atom stereocenters. The number of pyridine rings is 1. The van der Waals surface area contributed by atoms with Gasteiger partial charge in [0.05, 0.1) is 23.6 Å². The number of aromatic nitrogens is 3. The fourth-order valence-corrected chi connectivity index (χ4v) is 3.40. The van der Waals surface area contributed by atoms with Gasteiger partial charge < -0.3 is 10.4 Å². The van der Waals surface area contributed by atoms with Crippen molar-refractivity contribution < 1.29 is 9.90 Å². The third-order valence-electron chi connectivity index (χ3n) is 4.93. The van der Waals surface area contributed by atoms with Crippen LogP contribution in [0, 0.1) is 0 Å². The molecule has 1 amide bonds. The van der Waals surface area contributed by atoms with E-state index in [9.17, 15) is 9.90 Å². The summed E-state index contributed by atoms with van der Waals surface area (Å²) in [6, 6.07) is 19.3. The smallest absolute Gasteiger partial charge is 0.254 e. The largest absolute Gasteiger partial charge is 0.387 e. The van der Waals surface area contributed by atoms with Gasteiger partial charge in [0.15, 0.2) is 5.82 Å². The number of nitrogens with one attached hydrogen (secondary N) is 1. The maximum atomic E-state index is 12.7. The quantitative estimate of drug-likeness (QED) is 0.532. The molecule has 0 aliphatic rings. The van der Waals surface area contributed by atoms with Gasteiger partial charge in [-0.05, 0) is 41.0 Å². The molecule has 146 valence electrons. The van der Waals surface area contributed by atoms with E-state index in [0.29, 0.717) is 17.8 Å². The summed E-state index contributed by atoms with van der Waals surface area (Å²) in [5.74, 6) is 0.406. The van der Waals surface area contributed by atoms with Gasteiger partial charge in [0.2, 0.25) is 0 Å². The molecule has 29 heavy (non-hydrogen) atoms. The highest BCUT2D eigenvalue weighted by Gasteiger charge is 2.18. The van der Waals surface area contributed by atoms with Gasteiger partial charge in [-0.2, -0.15) is 5.10 Å². The second-order valence-corrected chi connectivity index (χ2v) is 6.79. The number of amides is 1. The minimum atomic E-state index is -0.792. The first-order valence-corrected chi connectivity index (χ1v) is 9.60. The van der Waals surface area contributed by atoms with Crippen LogP contribution >= 0.6 is 0 Å². The normalized spacial score (nSPS) is 12.1. The van der Waals surface area contributed by atoms with Crippen molar-refractivity contribution in [3.05, 3.63) is 89.9 Å². The van der Waals surface area contributed by atoms with Gasteiger partial charge in [0.25, 0.3) is 5.91 Å². The van der Waals surface area contributed by atoms with Crippen molar-refractivity contribution in [2.75, 3.05) is 6.54 Å². The van der Waals surface area contributed by atoms with Crippen LogP contribution in [0.25, 0.3) is 16.6 Å². The summed E-state index contributed by atoms with van der Waals surface area (Å²) < 4.78 is 1.68. The standard InChI is InChI=1S/C23H22N4O2/c1-2-20-19(14-26-27(20)22-9-5-6-12-24-22)23(29)25-15-21(28)18-11-10-16-7-3-4-8-17(16)13-18/h3-14,21,28H,2,15H2,1H3,(H,25,29). The second kappa shape index (κ2) is 8.24. The van der Waals surface area contributed by atoms with Crippen LogP contribution < -0.4 is 5.32 Å².